The van der Waals surface area contributed by atoms with Crippen molar-refractivity contribution >= 4 is 34.6 Å². The summed E-state index contributed by atoms with van der Waals surface area (Å²) in [7, 11) is 0. The van der Waals surface area contributed by atoms with Crippen LogP contribution in [0.4, 0.5) is 28.9 Å². The third-order valence-electron chi connectivity index (χ3n) is 6.69. The molecule has 2 aromatic rings. The van der Waals surface area contributed by atoms with Crippen molar-refractivity contribution in [1.82, 2.24) is 4.90 Å². The van der Waals surface area contributed by atoms with Crippen LogP contribution in [0, 0.1) is 17.1 Å². The monoisotopic (exact) mass is 552 g/mol. The number of hydrogen-bond donors (Lipinski definition) is 2. The number of β-amino-alcohol motifs (C(OH)–C–C–N with tert-alkyl or cyclic N) is 1. The predicted molar refractivity (Wildman–Crippen MR) is 133 cm³/mol. The van der Waals surface area contributed by atoms with Crippen molar-refractivity contribution in [2.75, 3.05) is 22.9 Å². The average Bonchev–Trinajstić information content (AvgIpc) is 3.28. The molecule has 8 nitrogen and oxygen atoms in total. The highest BCUT2D eigenvalue weighted by Gasteiger charge is 2.50. The number of halogens is 4. The van der Waals surface area contributed by atoms with Crippen molar-refractivity contribution in [1.29, 1.82) is 5.26 Å². The number of likely N-dealkylation sites (tertiary alicyclic amines) is 1. The third-order valence-corrected chi connectivity index (χ3v) is 7.07. The third kappa shape index (κ3) is 4.75. The maximum absolute atomic E-state index is 15.1. The van der Waals surface area contributed by atoms with E-state index >= 15 is 4.39 Å². The minimum absolute atomic E-state index is 0.0645. The van der Waals surface area contributed by atoms with Gasteiger partial charge < -0.3 is 24.7 Å². The van der Waals surface area contributed by atoms with Crippen molar-refractivity contribution in [2.45, 2.75) is 50.9 Å². The Morgan fingerprint density at radius 1 is 1.16 bits per heavy atom. The molecule has 13 heteroatoms. The molecule has 2 N–H and O–H groups in total. The molecule has 0 bridgehead atoms. The molecule has 0 aliphatic carbocycles. The van der Waals surface area contributed by atoms with E-state index in [1.54, 1.807) is 13.8 Å². The fourth-order valence-electron chi connectivity index (χ4n) is 4.62. The Hall–Kier alpha value is -3.47. The van der Waals surface area contributed by atoms with Crippen LogP contribution in [0.2, 0.25) is 0 Å². The van der Waals surface area contributed by atoms with Crippen molar-refractivity contribution in [2.24, 2.45) is 0 Å². The molecular formula is C25H24F4N4O4S. The van der Waals surface area contributed by atoms with Gasteiger partial charge in [-0.2, -0.15) is 18.4 Å². The second-order valence-electron chi connectivity index (χ2n) is 9.62. The van der Waals surface area contributed by atoms with Crippen LogP contribution in [0.15, 0.2) is 36.4 Å². The second-order valence-corrected chi connectivity index (χ2v) is 9.98. The standard InChI is InChI=1S/C25H24F4N4O4S/c1-13(34)31-11-19(35)21(12-31)37-20-7-6-16(9-18(20)26)33-23(38)32(22(36)24(33,2)3)15-5-4-14(10-30)17(8-15)25(27,28)29/h4-9,19,21-22,35-36H,11-12H2,1-3H3. The number of aliphatic hydroxyl groups is 2. The first kappa shape index (κ1) is 27.6. The van der Waals surface area contributed by atoms with E-state index in [0.29, 0.717) is 0 Å². The minimum Gasteiger partial charge on any atom is -0.483 e. The number of carbonyl (C=O) groups is 1. The first-order chi connectivity index (χ1) is 17.7. The maximum atomic E-state index is 15.1. The summed E-state index contributed by atoms with van der Waals surface area (Å²) in [6, 6.07) is 8.37. The van der Waals surface area contributed by atoms with Gasteiger partial charge in [0, 0.05) is 24.4 Å². The van der Waals surface area contributed by atoms with Crippen LogP contribution in [-0.4, -0.2) is 63.2 Å². The Balaban J connectivity index is 1.64. The van der Waals surface area contributed by atoms with E-state index in [9.17, 15) is 28.2 Å². The van der Waals surface area contributed by atoms with Crippen LogP contribution >= 0.6 is 12.2 Å². The van der Waals surface area contributed by atoms with Crippen molar-refractivity contribution < 1.29 is 37.3 Å². The van der Waals surface area contributed by atoms with Gasteiger partial charge in [-0.25, -0.2) is 4.39 Å². The molecule has 1 amide bonds. The SMILES string of the molecule is CC(=O)N1CC(O)C(Oc2ccc(N3C(=S)N(c4ccc(C#N)c(C(F)(F)F)c4)C(O)C3(C)C)cc2F)C1. The summed E-state index contributed by atoms with van der Waals surface area (Å²) in [5.74, 6) is -1.23. The van der Waals surface area contributed by atoms with Crippen LogP contribution < -0.4 is 14.5 Å². The fourth-order valence-corrected chi connectivity index (χ4v) is 5.16. The number of nitriles is 1. The molecule has 2 heterocycles. The van der Waals surface area contributed by atoms with Gasteiger partial charge in [-0.05, 0) is 56.4 Å². The summed E-state index contributed by atoms with van der Waals surface area (Å²) in [5, 5.41) is 30.2. The quantitative estimate of drug-likeness (QED) is 0.440. The first-order valence-electron chi connectivity index (χ1n) is 11.5. The Morgan fingerprint density at radius 3 is 2.37 bits per heavy atom. The zero-order valence-corrected chi connectivity index (χ0v) is 21.3. The van der Waals surface area contributed by atoms with Gasteiger partial charge in [0.25, 0.3) is 0 Å². The lowest BCUT2D eigenvalue weighted by atomic mass is 10.0. The number of ether oxygens (including phenoxy) is 1. The van der Waals surface area contributed by atoms with Crippen molar-refractivity contribution in [3.8, 4) is 11.8 Å². The van der Waals surface area contributed by atoms with Gasteiger partial charge in [-0.3, -0.25) is 9.69 Å². The smallest absolute Gasteiger partial charge is 0.417 e. The number of thiocarbonyl (C=S) groups is 1. The predicted octanol–water partition coefficient (Wildman–Crippen LogP) is 3.40. The van der Waals surface area contributed by atoms with E-state index in [1.807, 2.05) is 0 Å². The summed E-state index contributed by atoms with van der Waals surface area (Å²) >= 11 is 5.52. The number of benzene rings is 2. The molecule has 0 radical (unpaired) electrons. The number of alkyl halides is 3. The number of nitrogens with zero attached hydrogens (tertiary/aromatic N) is 4. The Kier molecular flexibility index (Phi) is 7.02. The molecule has 202 valence electrons. The van der Waals surface area contributed by atoms with E-state index in [-0.39, 0.29) is 41.2 Å². The molecule has 3 unspecified atom stereocenters. The fraction of sp³-hybridized carbons (Fsp3) is 0.400. The number of rotatable bonds is 4. The van der Waals surface area contributed by atoms with Crippen LogP contribution in [0.1, 0.15) is 31.9 Å². The highest BCUT2D eigenvalue weighted by molar-refractivity contribution is 7.80. The molecule has 2 fully saturated rings. The van der Waals surface area contributed by atoms with Gasteiger partial charge in [0.2, 0.25) is 5.91 Å². The molecule has 0 aromatic heterocycles. The maximum Gasteiger partial charge on any atom is 0.417 e. The van der Waals surface area contributed by atoms with E-state index in [0.717, 1.165) is 23.1 Å². The zero-order chi connectivity index (χ0) is 28.2. The largest absolute Gasteiger partial charge is 0.483 e. The summed E-state index contributed by atoms with van der Waals surface area (Å²) in [4.78, 5) is 15.5. The number of aliphatic hydroxyl groups excluding tert-OH is 2. The van der Waals surface area contributed by atoms with Gasteiger partial charge in [0.05, 0.1) is 35.8 Å². The van der Waals surface area contributed by atoms with Crippen LogP contribution in [0.3, 0.4) is 0 Å². The van der Waals surface area contributed by atoms with Crippen LogP contribution in [0.25, 0.3) is 0 Å². The molecular weight excluding hydrogens is 528 g/mol. The molecule has 4 rings (SSSR count). The van der Waals surface area contributed by atoms with E-state index in [4.69, 9.17) is 22.2 Å². The summed E-state index contributed by atoms with van der Waals surface area (Å²) in [5.41, 5.74) is -2.84. The summed E-state index contributed by atoms with van der Waals surface area (Å²) < 4.78 is 61.3. The van der Waals surface area contributed by atoms with Gasteiger partial charge in [0.15, 0.2) is 22.9 Å². The lowest BCUT2D eigenvalue weighted by Gasteiger charge is -2.33. The normalized spacial score (nSPS) is 23.1. The minimum atomic E-state index is -4.81. The number of carbonyl (C=O) groups excluding carboxylic acids is 1. The number of hydrogen-bond acceptors (Lipinski definition) is 6. The van der Waals surface area contributed by atoms with E-state index in [2.05, 4.69) is 0 Å². The van der Waals surface area contributed by atoms with Crippen LogP contribution in [0.5, 0.6) is 5.75 Å². The van der Waals surface area contributed by atoms with Crippen LogP contribution in [-0.2, 0) is 11.0 Å². The van der Waals surface area contributed by atoms with Crippen molar-refractivity contribution in [3.05, 3.63) is 53.3 Å². The molecule has 0 saturated carbocycles. The van der Waals surface area contributed by atoms with Gasteiger partial charge in [-0.15, -0.1) is 0 Å². The Labute approximate surface area is 221 Å². The molecule has 2 aliphatic rings. The molecule has 38 heavy (non-hydrogen) atoms. The zero-order valence-electron chi connectivity index (χ0n) is 20.5. The van der Waals surface area contributed by atoms with Crippen molar-refractivity contribution in [3.63, 3.8) is 0 Å². The lowest BCUT2D eigenvalue weighted by molar-refractivity contribution is -0.137. The first-order valence-corrected chi connectivity index (χ1v) is 11.9. The molecule has 0 spiro atoms. The molecule has 2 saturated heterocycles. The number of amides is 1. The van der Waals surface area contributed by atoms with Gasteiger partial charge in [-0.1, -0.05) is 0 Å². The summed E-state index contributed by atoms with van der Waals surface area (Å²) in [6.07, 6.45) is -8.06. The number of anilines is 2. The van der Waals surface area contributed by atoms with E-state index < -0.39 is 47.1 Å². The summed E-state index contributed by atoms with van der Waals surface area (Å²) in [6.45, 7) is 4.68. The topological polar surface area (TPSA) is 100 Å². The molecule has 3 atom stereocenters. The highest BCUT2D eigenvalue weighted by Crippen LogP contribution is 2.42. The van der Waals surface area contributed by atoms with Gasteiger partial charge >= 0.3 is 6.18 Å². The Bertz CT molecular complexity index is 1330. The molecule has 2 aromatic carbocycles. The lowest BCUT2D eigenvalue weighted by Crippen LogP contribution is -2.47. The Morgan fingerprint density at radius 2 is 1.82 bits per heavy atom. The van der Waals surface area contributed by atoms with Gasteiger partial charge in [0.1, 0.15) is 12.2 Å². The highest BCUT2D eigenvalue weighted by atomic mass is 32.1. The molecule has 2 aliphatic heterocycles. The van der Waals surface area contributed by atoms with E-state index in [1.165, 1.54) is 41.0 Å². The average molecular weight is 553 g/mol. The second kappa shape index (κ2) is 9.68.